The van der Waals surface area contributed by atoms with Gasteiger partial charge in [-0.3, -0.25) is 9.67 Å². The van der Waals surface area contributed by atoms with Gasteiger partial charge in [-0.2, -0.15) is 5.10 Å². The molecule has 1 aromatic carbocycles. The molecule has 0 radical (unpaired) electrons. The zero-order chi connectivity index (χ0) is 21.8. The number of ether oxygens (including phenoxy) is 1. The second-order valence-electron chi connectivity index (χ2n) is 7.96. The zero-order valence-corrected chi connectivity index (χ0v) is 18.0. The van der Waals surface area contributed by atoms with Crippen molar-refractivity contribution >= 4 is 5.69 Å². The van der Waals surface area contributed by atoms with Crippen LogP contribution in [0.25, 0.3) is 11.1 Å². The minimum absolute atomic E-state index is 0.0403. The van der Waals surface area contributed by atoms with Crippen LogP contribution in [0.3, 0.4) is 0 Å². The summed E-state index contributed by atoms with van der Waals surface area (Å²) in [5.74, 6) is 0.630. The van der Waals surface area contributed by atoms with Crippen molar-refractivity contribution in [3.8, 4) is 17.0 Å². The number of rotatable bonds is 7. The van der Waals surface area contributed by atoms with Gasteiger partial charge in [0.25, 0.3) is 0 Å². The number of nitrogens with one attached hydrogen (secondary N) is 2. The normalized spacial score (nSPS) is 16.0. The molecule has 5 rings (SSSR count). The van der Waals surface area contributed by atoms with Crippen molar-refractivity contribution in [1.29, 1.82) is 0 Å². The molecule has 2 N–H and O–H groups in total. The zero-order valence-electron chi connectivity index (χ0n) is 18.0. The van der Waals surface area contributed by atoms with Crippen LogP contribution in [0.15, 0.2) is 79.5 Å². The molecular formula is C25H26N6O. The second kappa shape index (κ2) is 9.20. The van der Waals surface area contributed by atoms with E-state index in [1.807, 2.05) is 44.1 Å². The van der Waals surface area contributed by atoms with Crippen LogP contribution >= 0.6 is 0 Å². The van der Waals surface area contributed by atoms with Crippen LogP contribution in [0.1, 0.15) is 17.2 Å². The first kappa shape index (κ1) is 20.2. The molecule has 0 spiro atoms. The predicted molar refractivity (Wildman–Crippen MR) is 124 cm³/mol. The van der Waals surface area contributed by atoms with E-state index in [2.05, 4.69) is 68.2 Å². The summed E-state index contributed by atoms with van der Waals surface area (Å²) in [5, 5.41) is 11.5. The largest absolute Gasteiger partial charge is 0.469 e. The van der Waals surface area contributed by atoms with E-state index in [4.69, 9.17) is 4.74 Å². The van der Waals surface area contributed by atoms with Crippen molar-refractivity contribution in [2.45, 2.75) is 18.6 Å². The third-order valence-electron chi connectivity index (χ3n) is 5.70. The molecule has 0 fully saturated rings. The van der Waals surface area contributed by atoms with Gasteiger partial charge in [0.1, 0.15) is 6.10 Å². The maximum atomic E-state index is 6.38. The average molecular weight is 427 g/mol. The van der Waals surface area contributed by atoms with Crippen LogP contribution in [0.2, 0.25) is 0 Å². The summed E-state index contributed by atoms with van der Waals surface area (Å²) in [4.78, 5) is 8.70. The number of aromatic nitrogens is 4. The van der Waals surface area contributed by atoms with Gasteiger partial charge in [-0.25, -0.2) is 4.98 Å². The maximum Gasteiger partial charge on any atom is 0.237 e. The summed E-state index contributed by atoms with van der Waals surface area (Å²) < 4.78 is 8.17. The van der Waals surface area contributed by atoms with Crippen molar-refractivity contribution in [1.82, 2.24) is 25.1 Å². The minimum Gasteiger partial charge on any atom is -0.469 e. The van der Waals surface area contributed by atoms with Gasteiger partial charge in [0.2, 0.25) is 5.88 Å². The van der Waals surface area contributed by atoms with E-state index >= 15 is 0 Å². The van der Waals surface area contributed by atoms with E-state index in [1.54, 1.807) is 4.68 Å². The van der Waals surface area contributed by atoms with Crippen LogP contribution in [-0.2, 0) is 13.5 Å². The highest BCUT2D eigenvalue weighted by atomic mass is 16.5. The number of nitrogens with zero attached hydrogens (tertiary/aromatic N) is 4. The van der Waals surface area contributed by atoms with E-state index in [1.165, 1.54) is 11.1 Å². The Bertz CT molecular complexity index is 1160. The van der Waals surface area contributed by atoms with Crippen LogP contribution in [0.5, 0.6) is 5.88 Å². The lowest BCUT2D eigenvalue weighted by Crippen LogP contribution is -2.43. The van der Waals surface area contributed by atoms with Crippen LogP contribution in [0.4, 0.5) is 5.69 Å². The van der Waals surface area contributed by atoms with Gasteiger partial charge in [0, 0.05) is 43.0 Å². The minimum atomic E-state index is -0.0842. The van der Waals surface area contributed by atoms with Crippen molar-refractivity contribution in [3.05, 3.63) is 90.6 Å². The topological polar surface area (TPSA) is 76.9 Å². The molecule has 32 heavy (non-hydrogen) atoms. The second-order valence-corrected chi connectivity index (χ2v) is 7.96. The summed E-state index contributed by atoms with van der Waals surface area (Å²) in [6.07, 6.45) is 10.2. The third kappa shape index (κ3) is 4.48. The molecule has 0 bridgehead atoms. The number of benzene rings is 1. The molecule has 0 aliphatic carbocycles. The van der Waals surface area contributed by atoms with Gasteiger partial charge in [-0.15, -0.1) is 0 Å². The van der Waals surface area contributed by atoms with Crippen molar-refractivity contribution < 1.29 is 4.74 Å². The van der Waals surface area contributed by atoms with Crippen LogP contribution < -0.4 is 15.4 Å². The third-order valence-corrected chi connectivity index (χ3v) is 5.70. The highest BCUT2D eigenvalue weighted by Gasteiger charge is 2.29. The van der Waals surface area contributed by atoms with E-state index in [0.29, 0.717) is 12.4 Å². The smallest absolute Gasteiger partial charge is 0.237 e. The Labute approximate surface area is 187 Å². The molecular weight excluding hydrogens is 400 g/mol. The highest BCUT2D eigenvalue weighted by Crippen LogP contribution is 2.34. The molecule has 162 valence electrons. The van der Waals surface area contributed by atoms with E-state index < -0.39 is 0 Å². The van der Waals surface area contributed by atoms with Gasteiger partial charge < -0.3 is 15.4 Å². The van der Waals surface area contributed by atoms with E-state index in [9.17, 15) is 0 Å². The fraction of sp³-hybridized carbons (Fsp3) is 0.240. The quantitative estimate of drug-likeness (QED) is 0.470. The molecule has 0 saturated heterocycles. The van der Waals surface area contributed by atoms with E-state index in [-0.39, 0.29) is 12.1 Å². The average Bonchev–Trinajstić information content (AvgIpc) is 3.29. The molecule has 7 heteroatoms. The molecule has 2 atom stereocenters. The SMILES string of the molecule is Cn1cc(-c2cnc3c(c2)NC[C@@H]([C@H](NCCc2ccncc2)c2ccccc2)O3)cn1. The standard InChI is InChI=1S/C25H26N6O/c1-31-17-21(15-30-31)20-13-22-25(29-14-20)32-23(16-28-22)24(19-5-3-2-4-6-19)27-12-9-18-7-10-26-11-8-18/h2-8,10-11,13-15,17,23-24,27-28H,9,12,16H2,1H3/t23-,24+/m0/s1. The molecule has 4 heterocycles. The summed E-state index contributed by atoms with van der Waals surface area (Å²) >= 11 is 0. The Morgan fingerprint density at radius 1 is 1.12 bits per heavy atom. The molecule has 7 nitrogen and oxygen atoms in total. The summed E-state index contributed by atoms with van der Waals surface area (Å²) in [6, 6.07) is 16.7. The van der Waals surface area contributed by atoms with Crippen molar-refractivity contribution in [3.63, 3.8) is 0 Å². The maximum absolute atomic E-state index is 6.38. The molecule has 0 amide bonds. The Morgan fingerprint density at radius 2 is 1.97 bits per heavy atom. The lowest BCUT2D eigenvalue weighted by Gasteiger charge is -2.33. The number of anilines is 1. The number of aryl methyl sites for hydroxylation is 1. The fourth-order valence-electron chi connectivity index (χ4n) is 4.03. The lowest BCUT2D eigenvalue weighted by atomic mass is 9.99. The molecule has 1 aliphatic heterocycles. The van der Waals surface area contributed by atoms with Crippen molar-refractivity contribution in [2.24, 2.45) is 7.05 Å². The molecule has 0 unspecified atom stereocenters. The van der Waals surface area contributed by atoms with Gasteiger partial charge in [-0.05, 0) is 42.3 Å². The number of fused-ring (bicyclic) bond motifs is 1. The van der Waals surface area contributed by atoms with Gasteiger partial charge in [0.05, 0.1) is 24.5 Å². The highest BCUT2D eigenvalue weighted by molar-refractivity contribution is 5.69. The first-order valence-corrected chi connectivity index (χ1v) is 10.8. The number of hydrogen-bond donors (Lipinski definition) is 2. The van der Waals surface area contributed by atoms with Gasteiger partial charge in [-0.1, -0.05) is 30.3 Å². The predicted octanol–water partition coefficient (Wildman–Crippen LogP) is 3.62. The monoisotopic (exact) mass is 426 g/mol. The molecule has 1 aliphatic rings. The summed E-state index contributed by atoms with van der Waals surface area (Å²) in [5.41, 5.74) is 5.42. The fourth-order valence-corrected chi connectivity index (χ4v) is 4.03. The Morgan fingerprint density at radius 3 is 2.75 bits per heavy atom. The Kier molecular flexibility index (Phi) is 5.81. The first-order chi connectivity index (χ1) is 15.8. The van der Waals surface area contributed by atoms with Crippen molar-refractivity contribution in [2.75, 3.05) is 18.4 Å². The Hall–Kier alpha value is -3.71. The summed E-state index contributed by atoms with van der Waals surface area (Å²) in [7, 11) is 1.91. The van der Waals surface area contributed by atoms with E-state index in [0.717, 1.165) is 29.8 Å². The Balaban J connectivity index is 1.32. The lowest BCUT2D eigenvalue weighted by molar-refractivity contribution is 0.150. The first-order valence-electron chi connectivity index (χ1n) is 10.8. The van der Waals surface area contributed by atoms with Crippen LogP contribution in [-0.4, -0.2) is 38.9 Å². The number of pyridine rings is 2. The number of hydrogen-bond acceptors (Lipinski definition) is 6. The van der Waals surface area contributed by atoms with Gasteiger partial charge in [0.15, 0.2) is 0 Å². The van der Waals surface area contributed by atoms with Crippen LogP contribution in [0, 0.1) is 0 Å². The summed E-state index contributed by atoms with van der Waals surface area (Å²) in [6.45, 7) is 1.52. The molecule has 3 aromatic heterocycles. The molecule has 4 aromatic rings. The van der Waals surface area contributed by atoms with Gasteiger partial charge >= 0.3 is 0 Å². The molecule has 0 saturated carbocycles.